The van der Waals surface area contributed by atoms with Gasteiger partial charge in [-0.25, -0.2) is 0 Å². The van der Waals surface area contributed by atoms with Crippen molar-refractivity contribution in [2.45, 2.75) is 6.54 Å². The van der Waals surface area contributed by atoms with Gasteiger partial charge >= 0.3 is 0 Å². The van der Waals surface area contributed by atoms with Gasteiger partial charge in [0.2, 0.25) is 0 Å². The number of rotatable bonds is 5. The SMILES string of the molecule is O=C(Nc1cccc(C(=O)NCc2ccc(Cl)cc2)c1)C1=CSCCO1. The number of benzene rings is 2. The van der Waals surface area contributed by atoms with Gasteiger partial charge in [-0.2, -0.15) is 0 Å². The number of amides is 2. The standard InChI is InChI=1S/C19H17ClN2O3S/c20-15-6-4-13(5-7-15)11-21-18(23)14-2-1-3-16(10-14)22-19(24)17-12-26-9-8-25-17/h1-7,10,12H,8-9,11H2,(H,21,23)(H,22,24). The van der Waals surface area contributed by atoms with Gasteiger partial charge in [-0.1, -0.05) is 29.8 Å². The third-order valence-electron chi connectivity index (χ3n) is 3.62. The monoisotopic (exact) mass is 388 g/mol. The minimum absolute atomic E-state index is 0.222. The molecule has 5 nitrogen and oxygen atoms in total. The highest BCUT2D eigenvalue weighted by Gasteiger charge is 2.15. The Morgan fingerprint density at radius 1 is 1.12 bits per heavy atom. The Morgan fingerprint density at radius 3 is 2.65 bits per heavy atom. The maximum Gasteiger partial charge on any atom is 0.291 e. The summed E-state index contributed by atoms with van der Waals surface area (Å²) in [4.78, 5) is 24.5. The third kappa shape index (κ3) is 5.03. The minimum Gasteiger partial charge on any atom is -0.487 e. The number of ether oxygens (including phenoxy) is 1. The molecular formula is C19H17ClN2O3S. The van der Waals surface area contributed by atoms with Gasteiger partial charge in [0.15, 0.2) is 5.76 Å². The van der Waals surface area contributed by atoms with Crippen molar-refractivity contribution in [1.29, 1.82) is 0 Å². The molecule has 0 saturated carbocycles. The Hall–Kier alpha value is -2.44. The zero-order valence-corrected chi connectivity index (χ0v) is 15.4. The number of hydrogen-bond acceptors (Lipinski definition) is 4. The van der Waals surface area contributed by atoms with Crippen molar-refractivity contribution < 1.29 is 14.3 Å². The second-order valence-electron chi connectivity index (χ2n) is 5.55. The van der Waals surface area contributed by atoms with Crippen LogP contribution in [-0.4, -0.2) is 24.2 Å². The van der Waals surface area contributed by atoms with Crippen molar-refractivity contribution >= 4 is 40.9 Å². The second-order valence-corrected chi connectivity index (χ2v) is 6.96. The largest absolute Gasteiger partial charge is 0.487 e. The lowest BCUT2D eigenvalue weighted by atomic mass is 10.1. The van der Waals surface area contributed by atoms with E-state index < -0.39 is 0 Å². The first kappa shape index (κ1) is 18.4. The molecule has 7 heteroatoms. The van der Waals surface area contributed by atoms with Crippen LogP contribution in [0.15, 0.2) is 59.7 Å². The molecule has 2 N–H and O–H groups in total. The molecule has 2 amide bonds. The molecular weight excluding hydrogens is 372 g/mol. The van der Waals surface area contributed by atoms with Gasteiger partial charge in [0.25, 0.3) is 11.8 Å². The normalized spacial score (nSPS) is 13.3. The molecule has 1 aliphatic heterocycles. The van der Waals surface area contributed by atoms with Crippen LogP contribution < -0.4 is 10.6 Å². The highest BCUT2D eigenvalue weighted by Crippen LogP contribution is 2.18. The van der Waals surface area contributed by atoms with Crippen LogP contribution in [0.4, 0.5) is 5.69 Å². The van der Waals surface area contributed by atoms with Crippen LogP contribution in [0, 0.1) is 0 Å². The Kier molecular flexibility index (Phi) is 6.20. The van der Waals surface area contributed by atoms with E-state index in [-0.39, 0.29) is 11.8 Å². The van der Waals surface area contributed by atoms with Crippen LogP contribution in [-0.2, 0) is 16.1 Å². The van der Waals surface area contributed by atoms with Crippen LogP contribution in [0.2, 0.25) is 5.02 Å². The molecule has 0 bridgehead atoms. The average molecular weight is 389 g/mol. The summed E-state index contributed by atoms with van der Waals surface area (Å²) in [7, 11) is 0. The lowest BCUT2D eigenvalue weighted by Gasteiger charge is -2.14. The molecule has 0 aliphatic carbocycles. The predicted octanol–water partition coefficient (Wildman–Crippen LogP) is 3.81. The molecule has 0 fully saturated rings. The molecule has 0 spiro atoms. The highest BCUT2D eigenvalue weighted by atomic mass is 35.5. The molecule has 2 aromatic carbocycles. The molecule has 2 aromatic rings. The van der Waals surface area contributed by atoms with Crippen molar-refractivity contribution in [1.82, 2.24) is 5.32 Å². The van der Waals surface area contributed by atoms with E-state index in [4.69, 9.17) is 16.3 Å². The van der Waals surface area contributed by atoms with Crippen LogP contribution in [0.1, 0.15) is 15.9 Å². The molecule has 134 valence electrons. The topological polar surface area (TPSA) is 67.4 Å². The molecule has 0 aromatic heterocycles. The first-order chi connectivity index (χ1) is 12.6. The van der Waals surface area contributed by atoms with Gasteiger partial charge in [-0.15, -0.1) is 11.8 Å². The van der Waals surface area contributed by atoms with E-state index in [0.717, 1.165) is 11.3 Å². The van der Waals surface area contributed by atoms with Crippen LogP contribution >= 0.6 is 23.4 Å². The predicted molar refractivity (Wildman–Crippen MR) is 104 cm³/mol. The summed E-state index contributed by atoms with van der Waals surface area (Å²) in [5.74, 6) is 0.578. The zero-order valence-electron chi connectivity index (χ0n) is 13.8. The Bertz CT molecular complexity index is 837. The van der Waals surface area contributed by atoms with Crippen LogP contribution in [0.3, 0.4) is 0 Å². The van der Waals surface area contributed by atoms with Crippen LogP contribution in [0.25, 0.3) is 0 Å². The first-order valence-corrected chi connectivity index (χ1v) is 9.43. The fourth-order valence-electron chi connectivity index (χ4n) is 2.30. The number of halogens is 1. The number of carbonyl (C=O) groups is 2. The summed E-state index contributed by atoms with van der Waals surface area (Å²) in [5, 5.41) is 7.94. The Labute approximate surface area is 160 Å². The summed E-state index contributed by atoms with van der Waals surface area (Å²) in [6, 6.07) is 14.0. The maximum atomic E-state index is 12.3. The Balaban J connectivity index is 1.60. The summed E-state index contributed by atoms with van der Waals surface area (Å²) < 4.78 is 5.33. The van der Waals surface area contributed by atoms with Gasteiger partial charge in [-0.3, -0.25) is 9.59 Å². The smallest absolute Gasteiger partial charge is 0.291 e. The highest BCUT2D eigenvalue weighted by molar-refractivity contribution is 8.02. The number of thioether (sulfide) groups is 1. The lowest BCUT2D eigenvalue weighted by molar-refractivity contribution is -0.116. The summed E-state index contributed by atoms with van der Waals surface area (Å²) in [5.41, 5.74) is 1.95. The first-order valence-electron chi connectivity index (χ1n) is 8.00. The number of carbonyl (C=O) groups excluding carboxylic acids is 2. The molecule has 3 rings (SSSR count). The fraction of sp³-hybridized carbons (Fsp3) is 0.158. The molecule has 0 radical (unpaired) electrons. The maximum absolute atomic E-state index is 12.3. The number of anilines is 1. The van der Waals surface area contributed by atoms with E-state index in [1.54, 1.807) is 41.8 Å². The molecule has 0 saturated heterocycles. The molecule has 1 heterocycles. The molecule has 0 atom stereocenters. The van der Waals surface area contributed by atoms with E-state index in [9.17, 15) is 9.59 Å². The average Bonchev–Trinajstić information content (AvgIpc) is 2.68. The van der Waals surface area contributed by atoms with Crippen LogP contribution in [0.5, 0.6) is 0 Å². The molecule has 26 heavy (non-hydrogen) atoms. The second kappa shape index (κ2) is 8.78. The van der Waals surface area contributed by atoms with Gasteiger partial charge < -0.3 is 15.4 Å². The van der Waals surface area contributed by atoms with E-state index >= 15 is 0 Å². The lowest BCUT2D eigenvalue weighted by Crippen LogP contribution is -2.23. The zero-order chi connectivity index (χ0) is 18.4. The summed E-state index contributed by atoms with van der Waals surface area (Å²) in [6.45, 7) is 0.904. The molecule has 1 aliphatic rings. The van der Waals surface area contributed by atoms with E-state index in [1.165, 1.54) is 11.8 Å². The van der Waals surface area contributed by atoms with E-state index in [2.05, 4.69) is 10.6 Å². The number of hydrogen-bond donors (Lipinski definition) is 2. The van der Waals surface area contributed by atoms with Crippen molar-refractivity contribution in [3.8, 4) is 0 Å². The van der Waals surface area contributed by atoms with Crippen molar-refractivity contribution in [2.75, 3.05) is 17.7 Å². The van der Waals surface area contributed by atoms with Crippen molar-refractivity contribution in [3.63, 3.8) is 0 Å². The Morgan fingerprint density at radius 2 is 1.92 bits per heavy atom. The summed E-state index contributed by atoms with van der Waals surface area (Å²) >= 11 is 7.38. The fourth-order valence-corrected chi connectivity index (χ4v) is 3.05. The van der Waals surface area contributed by atoms with E-state index in [0.29, 0.717) is 35.2 Å². The number of nitrogens with one attached hydrogen (secondary N) is 2. The quantitative estimate of drug-likeness (QED) is 0.817. The van der Waals surface area contributed by atoms with E-state index in [1.807, 2.05) is 12.1 Å². The third-order valence-corrected chi connectivity index (χ3v) is 4.66. The molecule has 0 unspecified atom stereocenters. The minimum atomic E-state index is -0.323. The van der Waals surface area contributed by atoms with Gasteiger partial charge in [0.1, 0.15) is 0 Å². The van der Waals surface area contributed by atoms with Crippen molar-refractivity contribution in [2.24, 2.45) is 0 Å². The van der Waals surface area contributed by atoms with Gasteiger partial charge in [0.05, 0.1) is 6.61 Å². The van der Waals surface area contributed by atoms with Crippen molar-refractivity contribution in [3.05, 3.63) is 75.8 Å². The summed E-state index contributed by atoms with van der Waals surface area (Å²) in [6.07, 6.45) is 0. The van der Waals surface area contributed by atoms with Gasteiger partial charge in [-0.05, 0) is 35.9 Å². The van der Waals surface area contributed by atoms with Gasteiger partial charge in [0, 0.05) is 34.0 Å².